The van der Waals surface area contributed by atoms with E-state index >= 15 is 0 Å². The van der Waals surface area contributed by atoms with Gasteiger partial charge in [0, 0.05) is 5.56 Å². The van der Waals surface area contributed by atoms with E-state index in [0.717, 1.165) is 0 Å². The van der Waals surface area contributed by atoms with Gasteiger partial charge in [-0.1, -0.05) is 42.5 Å². The quantitative estimate of drug-likeness (QED) is 0.717. The lowest BCUT2D eigenvalue weighted by Crippen LogP contribution is -2.31. The number of fused-ring (bicyclic) bond motifs is 1. The largest absolute Gasteiger partial charge is 0.477 e. The summed E-state index contributed by atoms with van der Waals surface area (Å²) < 4.78 is 5.63. The van der Waals surface area contributed by atoms with Gasteiger partial charge in [0.15, 0.2) is 6.10 Å². The van der Waals surface area contributed by atoms with Crippen LogP contribution in [-0.2, 0) is 4.79 Å². The normalized spacial score (nSPS) is 18.1. The van der Waals surface area contributed by atoms with Gasteiger partial charge in [0.25, 0.3) is 0 Å². The van der Waals surface area contributed by atoms with Gasteiger partial charge < -0.3 is 4.74 Å². The first kappa shape index (κ1) is 10.7. The number of ether oxygens (including phenoxy) is 1. The molecule has 0 fully saturated rings. The van der Waals surface area contributed by atoms with Crippen LogP contribution in [0.15, 0.2) is 54.6 Å². The molecule has 3 heteroatoms. The summed E-state index contributed by atoms with van der Waals surface area (Å²) in [5.74, 6) is -0.526. The molecular formula is C15H10O3. The number of Topliss-reactive ketones (excluding diaryl/α,β-unsaturated/α-hetero) is 2. The third kappa shape index (κ3) is 1.61. The molecule has 1 aliphatic rings. The molecule has 3 nitrogen and oxygen atoms in total. The highest BCUT2D eigenvalue weighted by atomic mass is 16.5. The van der Waals surface area contributed by atoms with Crippen LogP contribution in [0.1, 0.15) is 22.0 Å². The molecule has 0 saturated heterocycles. The average molecular weight is 238 g/mol. The molecule has 0 aromatic heterocycles. The van der Waals surface area contributed by atoms with Crippen LogP contribution in [0.3, 0.4) is 0 Å². The maximum atomic E-state index is 12.0. The fourth-order valence-electron chi connectivity index (χ4n) is 2.04. The van der Waals surface area contributed by atoms with Crippen molar-refractivity contribution in [3.05, 3.63) is 65.7 Å². The summed E-state index contributed by atoms with van der Waals surface area (Å²) in [4.78, 5) is 24.0. The number of hydrogen-bond donors (Lipinski definition) is 0. The topological polar surface area (TPSA) is 43.4 Å². The van der Waals surface area contributed by atoms with Crippen LogP contribution in [0.4, 0.5) is 0 Å². The van der Waals surface area contributed by atoms with Crippen molar-refractivity contribution in [1.82, 2.24) is 0 Å². The second kappa shape index (κ2) is 4.11. The van der Waals surface area contributed by atoms with E-state index in [4.69, 9.17) is 4.74 Å². The van der Waals surface area contributed by atoms with Crippen LogP contribution in [0.25, 0.3) is 0 Å². The van der Waals surface area contributed by atoms with Gasteiger partial charge in [0.05, 0.1) is 5.56 Å². The zero-order valence-electron chi connectivity index (χ0n) is 9.50. The lowest BCUT2D eigenvalue weighted by atomic mass is 9.95. The van der Waals surface area contributed by atoms with Crippen LogP contribution >= 0.6 is 0 Å². The van der Waals surface area contributed by atoms with E-state index in [9.17, 15) is 9.59 Å². The molecule has 0 aliphatic carbocycles. The summed E-state index contributed by atoms with van der Waals surface area (Å²) in [6.45, 7) is 0. The molecule has 1 atom stereocenters. The van der Waals surface area contributed by atoms with E-state index in [1.165, 1.54) is 0 Å². The van der Waals surface area contributed by atoms with Crippen LogP contribution < -0.4 is 4.74 Å². The Labute approximate surface area is 104 Å². The van der Waals surface area contributed by atoms with Gasteiger partial charge in [-0.2, -0.15) is 0 Å². The summed E-state index contributed by atoms with van der Waals surface area (Å²) >= 11 is 0. The van der Waals surface area contributed by atoms with Crippen molar-refractivity contribution in [1.29, 1.82) is 0 Å². The third-order valence-corrected chi connectivity index (χ3v) is 2.94. The SMILES string of the molecule is O=C1C(=O)[C@@H](c2ccccc2)Oc2ccccc21. The third-order valence-electron chi connectivity index (χ3n) is 2.94. The highest BCUT2D eigenvalue weighted by molar-refractivity contribution is 6.46. The number of carbonyl (C=O) groups excluding carboxylic acids is 2. The molecule has 0 saturated carbocycles. The van der Waals surface area contributed by atoms with Crippen molar-refractivity contribution in [2.75, 3.05) is 0 Å². The molecular weight excluding hydrogens is 228 g/mol. The Balaban J connectivity index is 2.07. The Morgan fingerprint density at radius 2 is 1.50 bits per heavy atom. The summed E-state index contributed by atoms with van der Waals surface area (Å²) in [6, 6.07) is 15.9. The van der Waals surface area contributed by atoms with Crippen LogP contribution in [0, 0.1) is 0 Å². The van der Waals surface area contributed by atoms with Crippen molar-refractivity contribution in [2.24, 2.45) is 0 Å². The van der Waals surface area contributed by atoms with Crippen LogP contribution in [0.2, 0.25) is 0 Å². The molecule has 88 valence electrons. The Bertz CT molecular complexity index is 617. The molecule has 0 amide bonds. The van der Waals surface area contributed by atoms with Crippen molar-refractivity contribution < 1.29 is 14.3 Å². The smallest absolute Gasteiger partial charge is 0.248 e. The Morgan fingerprint density at radius 1 is 0.833 bits per heavy atom. The van der Waals surface area contributed by atoms with Crippen molar-refractivity contribution in [2.45, 2.75) is 6.10 Å². The minimum atomic E-state index is -0.825. The number of ketones is 2. The van der Waals surface area contributed by atoms with Gasteiger partial charge in [-0.05, 0) is 12.1 Å². The van der Waals surface area contributed by atoms with Crippen molar-refractivity contribution in [3.8, 4) is 5.75 Å². The predicted octanol–water partition coefficient (Wildman–Crippen LogP) is 2.57. The molecule has 1 heterocycles. The van der Waals surface area contributed by atoms with Gasteiger partial charge in [0.2, 0.25) is 11.6 Å². The van der Waals surface area contributed by atoms with E-state index in [2.05, 4.69) is 0 Å². The first-order chi connectivity index (χ1) is 8.77. The van der Waals surface area contributed by atoms with E-state index < -0.39 is 17.7 Å². The maximum absolute atomic E-state index is 12.0. The van der Waals surface area contributed by atoms with E-state index in [0.29, 0.717) is 16.9 Å². The number of benzene rings is 2. The number of rotatable bonds is 1. The highest BCUT2D eigenvalue weighted by Crippen LogP contribution is 2.32. The Morgan fingerprint density at radius 3 is 2.28 bits per heavy atom. The second-order valence-electron chi connectivity index (χ2n) is 4.10. The molecule has 0 radical (unpaired) electrons. The summed E-state index contributed by atoms with van der Waals surface area (Å²) in [5, 5.41) is 0. The highest BCUT2D eigenvalue weighted by Gasteiger charge is 2.35. The number of carbonyl (C=O) groups is 2. The van der Waals surface area contributed by atoms with Crippen LogP contribution in [-0.4, -0.2) is 11.6 Å². The molecule has 0 spiro atoms. The molecule has 0 N–H and O–H groups in total. The minimum absolute atomic E-state index is 0.342. The lowest BCUT2D eigenvalue weighted by Gasteiger charge is -2.23. The molecule has 2 aromatic rings. The fourth-order valence-corrected chi connectivity index (χ4v) is 2.04. The van der Waals surface area contributed by atoms with Gasteiger partial charge in [-0.3, -0.25) is 9.59 Å². The number of hydrogen-bond acceptors (Lipinski definition) is 3. The van der Waals surface area contributed by atoms with Gasteiger partial charge >= 0.3 is 0 Å². The van der Waals surface area contributed by atoms with E-state index in [1.807, 2.05) is 18.2 Å². The molecule has 2 aromatic carbocycles. The lowest BCUT2D eigenvalue weighted by molar-refractivity contribution is -0.122. The summed E-state index contributed by atoms with van der Waals surface area (Å²) in [6.07, 6.45) is -0.825. The van der Waals surface area contributed by atoms with E-state index in [-0.39, 0.29) is 0 Å². The molecule has 1 aliphatic heterocycles. The number of para-hydroxylation sites is 1. The van der Waals surface area contributed by atoms with Gasteiger partial charge in [-0.15, -0.1) is 0 Å². The minimum Gasteiger partial charge on any atom is -0.477 e. The van der Waals surface area contributed by atoms with Gasteiger partial charge in [0.1, 0.15) is 5.75 Å². The van der Waals surface area contributed by atoms with Gasteiger partial charge in [-0.25, -0.2) is 0 Å². The Hall–Kier alpha value is -2.42. The first-order valence-corrected chi connectivity index (χ1v) is 5.66. The van der Waals surface area contributed by atoms with Crippen LogP contribution in [0.5, 0.6) is 5.75 Å². The standard InChI is InChI=1S/C15H10O3/c16-13-11-8-4-5-9-12(11)18-15(14(13)17)10-6-2-1-3-7-10/h1-9,15H/t15-/m1/s1. The molecule has 3 rings (SSSR count). The predicted molar refractivity (Wildman–Crippen MR) is 65.6 cm³/mol. The zero-order chi connectivity index (χ0) is 12.5. The van der Waals surface area contributed by atoms with E-state index in [1.54, 1.807) is 36.4 Å². The summed E-state index contributed by atoms with van der Waals surface area (Å²) in [7, 11) is 0. The molecule has 0 bridgehead atoms. The maximum Gasteiger partial charge on any atom is 0.248 e. The fraction of sp³-hybridized carbons (Fsp3) is 0.0667. The molecule has 18 heavy (non-hydrogen) atoms. The summed E-state index contributed by atoms with van der Waals surface area (Å²) in [5.41, 5.74) is 1.04. The van der Waals surface area contributed by atoms with Crippen molar-refractivity contribution in [3.63, 3.8) is 0 Å². The Kier molecular flexibility index (Phi) is 2.45. The first-order valence-electron chi connectivity index (χ1n) is 5.66. The molecule has 0 unspecified atom stereocenters. The second-order valence-corrected chi connectivity index (χ2v) is 4.10. The zero-order valence-corrected chi connectivity index (χ0v) is 9.50. The monoisotopic (exact) mass is 238 g/mol. The average Bonchev–Trinajstić information content (AvgIpc) is 2.44. The van der Waals surface area contributed by atoms with Crippen molar-refractivity contribution >= 4 is 11.6 Å².